The minimum atomic E-state index is -0.180. The number of rotatable bonds is 5. The summed E-state index contributed by atoms with van der Waals surface area (Å²) in [5, 5.41) is 3.13. The SMILES string of the molecule is CNCC(C)CN(C)c1cccc(F)c1. The van der Waals surface area contributed by atoms with E-state index >= 15 is 0 Å². The summed E-state index contributed by atoms with van der Waals surface area (Å²) in [5.41, 5.74) is 0.929. The van der Waals surface area contributed by atoms with Gasteiger partial charge in [0.05, 0.1) is 0 Å². The monoisotopic (exact) mass is 210 g/mol. The molecule has 0 heterocycles. The van der Waals surface area contributed by atoms with E-state index in [4.69, 9.17) is 0 Å². The highest BCUT2D eigenvalue weighted by atomic mass is 19.1. The van der Waals surface area contributed by atoms with Gasteiger partial charge in [-0.2, -0.15) is 0 Å². The van der Waals surface area contributed by atoms with Crippen LogP contribution in [0.5, 0.6) is 0 Å². The lowest BCUT2D eigenvalue weighted by Crippen LogP contribution is -2.29. The van der Waals surface area contributed by atoms with Crippen LogP contribution in [-0.2, 0) is 0 Å². The van der Waals surface area contributed by atoms with Crippen molar-refractivity contribution in [3.63, 3.8) is 0 Å². The molecule has 0 bridgehead atoms. The third kappa shape index (κ3) is 3.88. The molecular weight excluding hydrogens is 191 g/mol. The standard InChI is InChI=1S/C12H19FN2/c1-10(8-14-2)9-15(3)12-6-4-5-11(13)7-12/h4-7,10,14H,8-9H2,1-3H3. The van der Waals surface area contributed by atoms with Crippen molar-refractivity contribution in [2.75, 3.05) is 32.1 Å². The molecule has 1 atom stereocenters. The topological polar surface area (TPSA) is 15.3 Å². The highest BCUT2D eigenvalue weighted by Gasteiger charge is 2.06. The van der Waals surface area contributed by atoms with Gasteiger partial charge < -0.3 is 10.2 Å². The van der Waals surface area contributed by atoms with Gasteiger partial charge in [-0.15, -0.1) is 0 Å². The van der Waals surface area contributed by atoms with Crippen LogP contribution in [-0.4, -0.2) is 27.2 Å². The number of nitrogens with one attached hydrogen (secondary N) is 1. The second-order valence-electron chi connectivity index (χ2n) is 4.02. The summed E-state index contributed by atoms with van der Waals surface area (Å²) in [5.74, 6) is 0.365. The normalized spacial score (nSPS) is 12.5. The van der Waals surface area contributed by atoms with Gasteiger partial charge in [0.1, 0.15) is 5.82 Å². The van der Waals surface area contributed by atoms with E-state index in [0.29, 0.717) is 5.92 Å². The van der Waals surface area contributed by atoms with Gasteiger partial charge in [-0.05, 0) is 37.7 Å². The molecule has 0 aromatic heterocycles. The largest absolute Gasteiger partial charge is 0.374 e. The Bertz CT molecular complexity index is 301. The molecule has 0 radical (unpaired) electrons. The maximum atomic E-state index is 13.0. The van der Waals surface area contributed by atoms with E-state index < -0.39 is 0 Å². The quantitative estimate of drug-likeness (QED) is 0.800. The molecule has 0 aliphatic heterocycles. The molecule has 0 saturated heterocycles. The fraction of sp³-hybridized carbons (Fsp3) is 0.500. The zero-order chi connectivity index (χ0) is 11.3. The van der Waals surface area contributed by atoms with E-state index in [1.54, 1.807) is 12.1 Å². The molecule has 84 valence electrons. The molecule has 1 unspecified atom stereocenters. The van der Waals surface area contributed by atoms with E-state index in [9.17, 15) is 4.39 Å². The highest BCUT2D eigenvalue weighted by Crippen LogP contribution is 2.14. The van der Waals surface area contributed by atoms with Gasteiger partial charge in [0.15, 0.2) is 0 Å². The molecule has 1 rings (SSSR count). The smallest absolute Gasteiger partial charge is 0.125 e. The Hall–Kier alpha value is -1.09. The second kappa shape index (κ2) is 5.71. The summed E-state index contributed by atoms with van der Waals surface area (Å²) in [4.78, 5) is 2.07. The van der Waals surface area contributed by atoms with Crippen molar-refractivity contribution >= 4 is 5.69 Å². The Morgan fingerprint density at radius 2 is 2.20 bits per heavy atom. The van der Waals surface area contributed by atoms with Gasteiger partial charge in [-0.1, -0.05) is 13.0 Å². The first-order valence-electron chi connectivity index (χ1n) is 5.24. The Morgan fingerprint density at radius 1 is 1.47 bits per heavy atom. The number of hydrogen-bond acceptors (Lipinski definition) is 2. The van der Waals surface area contributed by atoms with Gasteiger partial charge in [0.2, 0.25) is 0 Å². The van der Waals surface area contributed by atoms with Crippen molar-refractivity contribution in [1.29, 1.82) is 0 Å². The van der Waals surface area contributed by atoms with Crippen LogP contribution in [0.25, 0.3) is 0 Å². The number of halogens is 1. The average molecular weight is 210 g/mol. The summed E-state index contributed by atoms with van der Waals surface area (Å²) < 4.78 is 13.0. The first kappa shape index (κ1) is 12.0. The molecule has 2 nitrogen and oxygen atoms in total. The summed E-state index contributed by atoms with van der Waals surface area (Å²) >= 11 is 0. The van der Waals surface area contributed by atoms with Gasteiger partial charge in [-0.25, -0.2) is 4.39 Å². The summed E-state index contributed by atoms with van der Waals surface area (Å²) in [6, 6.07) is 6.69. The molecular formula is C12H19FN2. The van der Waals surface area contributed by atoms with Crippen molar-refractivity contribution in [2.45, 2.75) is 6.92 Å². The molecule has 1 N–H and O–H groups in total. The van der Waals surface area contributed by atoms with Gasteiger partial charge >= 0.3 is 0 Å². The first-order chi connectivity index (χ1) is 7.13. The number of anilines is 1. The van der Waals surface area contributed by atoms with Gasteiger partial charge in [0, 0.05) is 19.3 Å². The van der Waals surface area contributed by atoms with E-state index in [-0.39, 0.29) is 5.82 Å². The molecule has 0 amide bonds. The zero-order valence-electron chi connectivity index (χ0n) is 9.63. The Kier molecular flexibility index (Phi) is 4.56. The third-order valence-electron chi connectivity index (χ3n) is 2.39. The van der Waals surface area contributed by atoms with Crippen LogP contribution in [0.3, 0.4) is 0 Å². The lowest BCUT2D eigenvalue weighted by molar-refractivity contribution is 0.541. The lowest BCUT2D eigenvalue weighted by Gasteiger charge is -2.23. The Labute approximate surface area is 91.1 Å². The van der Waals surface area contributed by atoms with Crippen LogP contribution in [0.15, 0.2) is 24.3 Å². The molecule has 0 aliphatic carbocycles. The lowest BCUT2D eigenvalue weighted by atomic mass is 10.1. The average Bonchev–Trinajstić information content (AvgIpc) is 2.18. The summed E-state index contributed by atoms with van der Waals surface area (Å²) in [6.45, 7) is 4.07. The van der Waals surface area contributed by atoms with Crippen LogP contribution in [0, 0.1) is 11.7 Å². The van der Waals surface area contributed by atoms with E-state index in [0.717, 1.165) is 18.8 Å². The van der Waals surface area contributed by atoms with Crippen molar-refractivity contribution < 1.29 is 4.39 Å². The van der Waals surface area contributed by atoms with Gasteiger partial charge in [-0.3, -0.25) is 0 Å². The maximum absolute atomic E-state index is 13.0. The van der Waals surface area contributed by atoms with Crippen molar-refractivity contribution in [3.8, 4) is 0 Å². The van der Waals surface area contributed by atoms with Crippen molar-refractivity contribution in [3.05, 3.63) is 30.1 Å². The molecule has 0 fully saturated rings. The predicted octanol–water partition coefficient (Wildman–Crippen LogP) is 2.12. The van der Waals surface area contributed by atoms with Crippen molar-refractivity contribution in [2.24, 2.45) is 5.92 Å². The molecule has 1 aromatic carbocycles. The van der Waals surface area contributed by atoms with E-state index in [1.807, 2.05) is 20.2 Å². The summed E-state index contributed by atoms with van der Waals surface area (Å²) in [6.07, 6.45) is 0. The first-order valence-corrected chi connectivity index (χ1v) is 5.24. The fourth-order valence-corrected chi connectivity index (χ4v) is 1.70. The second-order valence-corrected chi connectivity index (χ2v) is 4.02. The molecule has 0 aliphatic rings. The minimum Gasteiger partial charge on any atom is -0.374 e. The van der Waals surface area contributed by atoms with Crippen LogP contribution in [0.1, 0.15) is 6.92 Å². The molecule has 1 aromatic rings. The number of benzene rings is 1. The Balaban J connectivity index is 2.56. The molecule has 0 saturated carbocycles. The number of hydrogen-bond donors (Lipinski definition) is 1. The van der Waals surface area contributed by atoms with Crippen LogP contribution in [0.2, 0.25) is 0 Å². The van der Waals surface area contributed by atoms with Crippen LogP contribution >= 0.6 is 0 Å². The number of nitrogens with zero attached hydrogens (tertiary/aromatic N) is 1. The zero-order valence-corrected chi connectivity index (χ0v) is 9.63. The van der Waals surface area contributed by atoms with Crippen LogP contribution in [0.4, 0.5) is 10.1 Å². The van der Waals surface area contributed by atoms with Crippen LogP contribution < -0.4 is 10.2 Å². The molecule has 15 heavy (non-hydrogen) atoms. The molecule has 0 spiro atoms. The highest BCUT2D eigenvalue weighted by molar-refractivity contribution is 5.45. The van der Waals surface area contributed by atoms with Gasteiger partial charge in [0.25, 0.3) is 0 Å². The third-order valence-corrected chi connectivity index (χ3v) is 2.39. The Morgan fingerprint density at radius 3 is 2.80 bits per heavy atom. The molecule has 3 heteroatoms. The van der Waals surface area contributed by atoms with Crippen molar-refractivity contribution in [1.82, 2.24) is 5.32 Å². The predicted molar refractivity (Wildman–Crippen MR) is 62.8 cm³/mol. The maximum Gasteiger partial charge on any atom is 0.125 e. The van der Waals surface area contributed by atoms with E-state index in [2.05, 4.69) is 17.1 Å². The van der Waals surface area contributed by atoms with E-state index in [1.165, 1.54) is 6.07 Å². The minimum absolute atomic E-state index is 0.180. The fourth-order valence-electron chi connectivity index (χ4n) is 1.70. The summed E-state index contributed by atoms with van der Waals surface area (Å²) in [7, 11) is 3.93.